The summed E-state index contributed by atoms with van der Waals surface area (Å²) in [7, 11) is 0. The van der Waals surface area contributed by atoms with Crippen molar-refractivity contribution < 1.29 is 0 Å². The summed E-state index contributed by atoms with van der Waals surface area (Å²) in [6.07, 6.45) is 15.4. The highest BCUT2D eigenvalue weighted by Crippen LogP contribution is 2.38. The van der Waals surface area contributed by atoms with Crippen LogP contribution in [0.5, 0.6) is 0 Å². The van der Waals surface area contributed by atoms with Crippen molar-refractivity contribution in [2.24, 2.45) is 11.7 Å². The Bertz CT molecular complexity index is 236. The van der Waals surface area contributed by atoms with Gasteiger partial charge in [-0.1, -0.05) is 39.0 Å². The van der Waals surface area contributed by atoms with E-state index in [9.17, 15) is 0 Å². The maximum Gasteiger partial charge on any atom is 0.0331 e. The molecule has 2 nitrogen and oxygen atoms in total. The van der Waals surface area contributed by atoms with Crippen molar-refractivity contribution in [2.45, 2.75) is 83.1 Å². The fraction of sp³-hybridized carbons (Fsp3) is 1.00. The van der Waals surface area contributed by atoms with Crippen molar-refractivity contribution in [3.8, 4) is 0 Å². The van der Waals surface area contributed by atoms with Gasteiger partial charge in [0.2, 0.25) is 0 Å². The lowest BCUT2D eigenvalue weighted by atomic mass is 9.73. The van der Waals surface area contributed by atoms with Crippen molar-refractivity contribution >= 4 is 0 Å². The van der Waals surface area contributed by atoms with Gasteiger partial charge in [-0.15, -0.1) is 0 Å². The van der Waals surface area contributed by atoms with Gasteiger partial charge in [0.1, 0.15) is 0 Å². The maximum atomic E-state index is 6.24. The van der Waals surface area contributed by atoms with Gasteiger partial charge in [-0.2, -0.15) is 0 Å². The number of nitrogens with zero attached hydrogens (tertiary/aromatic N) is 1. The van der Waals surface area contributed by atoms with Crippen LogP contribution >= 0.6 is 0 Å². The molecule has 1 heterocycles. The van der Waals surface area contributed by atoms with E-state index in [0.29, 0.717) is 5.54 Å². The minimum absolute atomic E-state index is 0.363. The molecule has 2 rings (SSSR count). The molecule has 0 spiro atoms. The normalized spacial score (nSPS) is 34.7. The van der Waals surface area contributed by atoms with E-state index in [1.165, 1.54) is 83.7 Å². The molecule has 0 aromatic heterocycles. The van der Waals surface area contributed by atoms with E-state index < -0.39 is 0 Å². The Hall–Kier alpha value is -0.0800. The molecule has 1 aliphatic heterocycles. The molecule has 0 unspecified atom stereocenters. The second-order valence-electron chi connectivity index (χ2n) is 6.92. The van der Waals surface area contributed by atoms with Crippen molar-refractivity contribution in [1.82, 2.24) is 4.90 Å². The first-order chi connectivity index (χ1) is 9.30. The van der Waals surface area contributed by atoms with Gasteiger partial charge in [-0.05, 0) is 57.5 Å². The maximum absolute atomic E-state index is 6.24. The van der Waals surface area contributed by atoms with Crippen LogP contribution in [0.2, 0.25) is 0 Å². The van der Waals surface area contributed by atoms with E-state index in [4.69, 9.17) is 5.73 Å². The van der Waals surface area contributed by atoms with Crippen LogP contribution < -0.4 is 5.73 Å². The van der Waals surface area contributed by atoms with Gasteiger partial charge in [0.15, 0.2) is 0 Å². The summed E-state index contributed by atoms with van der Waals surface area (Å²) < 4.78 is 0. The van der Waals surface area contributed by atoms with Gasteiger partial charge in [0.05, 0.1) is 0 Å². The first-order valence-electron chi connectivity index (χ1n) is 8.76. The quantitative estimate of drug-likeness (QED) is 0.835. The van der Waals surface area contributed by atoms with Crippen molar-refractivity contribution in [3.05, 3.63) is 0 Å². The molecule has 0 aromatic carbocycles. The first kappa shape index (κ1) is 15.3. The van der Waals surface area contributed by atoms with Crippen molar-refractivity contribution in [3.63, 3.8) is 0 Å². The zero-order valence-electron chi connectivity index (χ0n) is 13.0. The fourth-order valence-electron chi connectivity index (χ4n) is 4.28. The third-order valence-electron chi connectivity index (χ3n) is 5.64. The molecule has 2 N–H and O–H groups in total. The number of hydrogen-bond acceptors (Lipinski definition) is 2. The summed E-state index contributed by atoms with van der Waals surface area (Å²) in [5, 5.41) is 0. The summed E-state index contributed by atoms with van der Waals surface area (Å²) in [6.45, 7) is 5.81. The summed E-state index contributed by atoms with van der Waals surface area (Å²) in [5.74, 6) is 0.986. The Kier molecular flexibility index (Phi) is 6.15. The van der Waals surface area contributed by atoms with Gasteiger partial charge in [-0.3, -0.25) is 4.90 Å². The van der Waals surface area contributed by atoms with Crippen LogP contribution in [0, 0.1) is 5.92 Å². The monoisotopic (exact) mass is 266 g/mol. The Morgan fingerprint density at radius 3 is 2.11 bits per heavy atom. The van der Waals surface area contributed by atoms with E-state index >= 15 is 0 Å². The number of likely N-dealkylation sites (tertiary alicyclic amines) is 1. The first-order valence-corrected chi connectivity index (χ1v) is 8.76. The van der Waals surface area contributed by atoms with Gasteiger partial charge in [0.25, 0.3) is 0 Å². The largest absolute Gasteiger partial charge is 0.329 e. The van der Waals surface area contributed by atoms with Gasteiger partial charge in [-0.25, -0.2) is 0 Å². The third-order valence-corrected chi connectivity index (χ3v) is 5.64. The summed E-state index contributed by atoms with van der Waals surface area (Å²) in [4.78, 5) is 2.79. The van der Waals surface area contributed by atoms with Crippen LogP contribution in [0.15, 0.2) is 0 Å². The third kappa shape index (κ3) is 3.95. The van der Waals surface area contributed by atoms with Crippen LogP contribution in [0.25, 0.3) is 0 Å². The molecule has 0 amide bonds. The lowest BCUT2D eigenvalue weighted by Crippen LogP contribution is -2.56. The molecule has 1 saturated heterocycles. The van der Waals surface area contributed by atoms with Crippen LogP contribution in [0.3, 0.4) is 0 Å². The highest BCUT2D eigenvalue weighted by molar-refractivity contribution is 4.96. The minimum atomic E-state index is 0.363. The van der Waals surface area contributed by atoms with Crippen LogP contribution in [0.1, 0.15) is 77.6 Å². The summed E-state index contributed by atoms with van der Waals surface area (Å²) in [5.41, 5.74) is 6.60. The molecule has 2 heteroatoms. The predicted molar refractivity (Wildman–Crippen MR) is 83.3 cm³/mol. The van der Waals surface area contributed by atoms with Gasteiger partial charge < -0.3 is 5.73 Å². The van der Waals surface area contributed by atoms with Gasteiger partial charge in [0, 0.05) is 12.1 Å². The fourth-order valence-corrected chi connectivity index (χ4v) is 4.28. The summed E-state index contributed by atoms with van der Waals surface area (Å²) >= 11 is 0. The lowest BCUT2D eigenvalue weighted by molar-refractivity contribution is 0.0345. The molecule has 1 saturated carbocycles. The van der Waals surface area contributed by atoms with Crippen molar-refractivity contribution in [2.75, 3.05) is 19.6 Å². The van der Waals surface area contributed by atoms with Crippen LogP contribution in [0.4, 0.5) is 0 Å². The second kappa shape index (κ2) is 7.64. The summed E-state index contributed by atoms with van der Waals surface area (Å²) in [6, 6.07) is 0. The average Bonchev–Trinajstić information content (AvgIpc) is 2.40. The topological polar surface area (TPSA) is 29.3 Å². The second-order valence-corrected chi connectivity index (χ2v) is 6.92. The molecule has 0 radical (unpaired) electrons. The molecule has 0 atom stereocenters. The molecule has 2 aliphatic rings. The van der Waals surface area contributed by atoms with E-state index in [1.807, 2.05) is 0 Å². The predicted octanol–water partition coefficient (Wildman–Crippen LogP) is 3.94. The van der Waals surface area contributed by atoms with E-state index in [1.54, 1.807) is 0 Å². The van der Waals surface area contributed by atoms with Gasteiger partial charge >= 0.3 is 0 Å². The lowest BCUT2D eigenvalue weighted by Gasteiger charge is -2.48. The number of hydrogen-bond donors (Lipinski definition) is 1. The number of nitrogens with two attached hydrogens (primary N) is 1. The van der Waals surface area contributed by atoms with E-state index in [-0.39, 0.29) is 0 Å². The smallest absolute Gasteiger partial charge is 0.0331 e. The number of rotatable bonds is 4. The zero-order chi connectivity index (χ0) is 13.6. The molecule has 112 valence electrons. The average molecular weight is 266 g/mol. The zero-order valence-corrected chi connectivity index (χ0v) is 13.0. The molecule has 19 heavy (non-hydrogen) atoms. The highest BCUT2D eigenvalue weighted by Gasteiger charge is 2.38. The molecule has 2 fully saturated rings. The van der Waals surface area contributed by atoms with E-state index in [2.05, 4.69) is 11.8 Å². The Labute approximate surface area is 120 Å². The minimum Gasteiger partial charge on any atom is -0.329 e. The Morgan fingerprint density at radius 2 is 1.58 bits per heavy atom. The Morgan fingerprint density at radius 1 is 1.00 bits per heavy atom. The standard InChI is InChI=1S/C17H34N2/c1-2-8-16-9-11-17(15-18,12-10-16)19-13-6-4-3-5-7-14-19/h16H,2-15,18H2,1H3. The Balaban J connectivity index is 1.93. The van der Waals surface area contributed by atoms with Crippen LogP contribution in [-0.4, -0.2) is 30.1 Å². The molecular formula is C17H34N2. The molecular weight excluding hydrogens is 232 g/mol. The molecule has 1 aliphatic carbocycles. The molecule has 0 bridgehead atoms. The highest BCUT2D eigenvalue weighted by atomic mass is 15.2. The molecule has 0 aromatic rings. The van der Waals surface area contributed by atoms with E-state index in [0.717, 1.165) is 12.5 Å². The SMILES string of the molecule is CCCC1CCC(CN)(N2CCCCCCC2)CC1. The van der Waals surface area contributed by atoms with Crippen molar-refractivity contribution in [1.29, 1.82) is 0 Å². The van der Waals surface area contributed by atoms with Crippen LogP contribution in [-0.2, 0) is 0 Å².